The van der Waals surface area contributed by atoms with Gasteiger partial charge in [0.2, 0.25) is 10.0 Å². The van der Waals surface area contributed by atoms with Gasteiger partial charge in [0.25, 0.3) is 0 Å². The zero-order valence-electron chi connectivity index (χ0n) is 29.5. The Morgan fingerprint density at radius 2 is 1.71 bits per heavy atom. The summed E-state index contributed by atoms with van der Waals surface area (Å²) < 4.78 is 59.0. The number of methoxy groups -OCH3 is 3. The molecule has 1 saturated heterocycles. The molecular weight excluding hydrogens is 644 g/mol. The first-order valence-electron chi connectivity index (χ1n) is 17.1. The number of aryl methyl sites for hydroxylation is 1. The number of hydrogen-bond donors (Lipinski definition) is 1. The summed E-state index contributed by atoms with van der Waals surface area (Å²) in [6.07, 6.45) is 1.56. The Morgan fingerprint density at radius 1 is 0.980 bits per heavy atom. The molecule has 0 aromatic heterocycles. The summed E-state index contributed by atoms with van der Waals surface area (Å²) in [5.41, 5.74) is 2.88. The van der Waals surface area contributed by atoms with Gasteiger partial charge in [-0.15, -0.1) is 0 Å². The average molecular weight is 697 g/mol. The topological polar surface area (TPSA) is 107 Å². The van der Waals surface area contributed by atoms with Crippen molar-refractivity contribution >= 4 is 15.7 Å². The number of fused-ring (bicyclic) bond motifs is 1. The van der Waals surface area contributed by atoms with E-state index in [0.29, 0.717) is 39.3 Å². The van der Waals surface area contributed by atoms with Crippen LogP contribution in [0.1, 0.15) is 55.2 Å². The van der Waals surface area contributed by atoms with Crippen LogP contribution in [-0.4, -0.2) is 96.4 Å². The highest BCUT2D eigenvalue weighted by atomic mass is 32.2. The Morgan fingerprint density at radius 3 is 2.41 bits per heavy atom. The number of benzene rings is 3. The minimum atomic E-state index is -3.93. The monoisotopic (exact) mass is 696 g/mol. The lowest BCUT2D eigenvalue weighted by Crippen LogP contribution is -2.54. The van der Waals surface area contributed by atoms with E-state index in [4.69, 9.17) is 23.7 Å². The van der Waals surface area contributed by atoms with Crippen LogP contribution in [0.3, 0.4) is 0 Å². The van der Waals surface area contributed by atoms with E-state index in [9.17, 15) is 13.5 Å². The van der Waals surface area contributed by atoms with E-state index in [1.807, 2.05) is 55.5 Å². The summed E-state index contributed by atoms with van der Waals surface area (Å²) in [5.74, 6) is 1.45. The van der Waals surface area contributed by atoms with E-state index in [1.54, 1.807) is 44.7 Å². The molecule has 2 aliphatic heterocycles. The number of piperidine rings is 1. The Labute approximate surface area is 291 Å². The minimum Gasteiger partial charge on any atom is -0.497 e. The smallest absolute Gasteiger partial charge is 0.243 e. The number of sulfonamides is 1. The second-order valence-electron chi connectivity index (χ2n) is 13.4. The van der Waals surface area contributed by atoms with Crippen LogP contribution in [0.5, 0.6) is 11.5 Å². The molecule has 1 fully saturated rings. The zero-order chi connectivity index (χ0) is 35.0. The zero-order valence-corrected chi connectivity index (χ0v) is 30.3. The molecule has 2 aliphatic rings. The standard InChI is InChI=1S/C38H52N2O8S/c1-28-7-14-33(15-8-28)49(42,43)40-26-37(48-27-29-9-16-36-35(23-29)39(19-22-47-36)18-6-20-44-3)34(30-10-12-32(46-5)13-11-30)24-31(40)25-38(2,41)17-21-45-4/h7-16,23,31,34,37,41H,6,17-22,24-27H2,1-5H3/t31-,34-,37+,38+/m1/s1. The fraction of sp³-hybridized carbons (Fsp3) is 0.526. The summed E-state index contributed by atoms with van der Waals surface area (Å²) >= 11 is 0. The normalized spacial score (nSPS) is 21.1. The molecule has 2 heterocycles. The molecule has 4 atom stereocenters. The minimum absolute atomic E-state index is 0.134. The molecule has 5 rings (SSSR count). The maximum atomic E-state index is 14.4. The molecule has 11 heteroatoms. The molecule has 0 aliphatic carbocycles. The molecule has 10 nitrogen and oxygen atoms in total. The molecule has 0 amide bonds. The first kappa shape index (κ1) is 37.1. The lowest BCUT2D eigenvalue weighted by molar-refractivity contribution is -0.0437. The third kappa shape index (κ3) is 9.33. The van der Waals surface area contributed by atoms with Crippen molar-refractivity contribution in [1.29, 1.82) is 0 Å². The van der Waals surface area contributed by atoms with Crippen LogP contribution in [-0.2, 0) is 30.8 Å². The van der Waals surface area contributed by atoms with Gasteiger partial charge in [-0.05, 0) is 87.1 Å². The SMILES string of the molecule is COCCCN1CCOc2ccc(CO[C@H]3CN(S(=O)(=O)c4ccc(C)cc4)[C@@H](C[C@@](C)(O)CCOC)C[C@@H]3c3ccc(OC)cc3)cc21. The first-order valence-corrected chi connectivity index (χ1v) is 18.5. The van der Waals surface area contributed by atoms with Crippen LogP contribution >= 0.6 is 0 Å². The van der Waals surface area contributed by atoms with Gasteiger partial charge in [0.1, 0.15) is 18.1 Å². The molecule has 268 valence electrons. The van der Waals surface area contributed by atoms with Crippen molar-refractivity contribution in [1.82, 2.24) is 4.31 Å². The van der Waals surface area contributed by atoms with Crippen LogP contribution in [0.2, 0.25) is 0 Å². The quantitative estimate of drug-likeness (QED) is 0.193. The molecule has 1 N–H and O–H groups in total. The second kappa shape index (κ2) is 16.7. The second-order valence-corrected chi connectivity index (χ2v) is 15.3. The maximum Gasteiger partial charge on any atom is 0.243 e. The fourth-order valence-corrected chi connectivity index (χ4v) is 8.53. The molecule has 0 spiro atoms. The molecular formula is C38H52N2O8S. The summed E-state index contributed by atoms with van der Waals surface area (Å²) in [7, 11) is 1.02. The Bertz CT molecular complexity index is 1600. The maximum absolute atomic E-state index is 14.4. The van der Waals surface area contributed by atoms with Gasteiger partial charge in [-0.2, -0.15) is 4.31 Å². The number of nitrogens with zero attached hydrogens (tertiary/aromatic N) is 2. The number of hydrogen-bond acceptors (Lipinski definition) is 9. The molecule has 49 heavy (non-hydrogen) atoms. The molecule has 0 saturated carbocycles. The summed E-state index contributed by atoms with van der Waals surface area (Å²) in [5, 5.41) is 11.4. The Hall–Kier alpha value is -3.19. The van der Waals surface area contributed by atoms with Crippen molar-refractivity contribution in [2.45, 2.75) is 74.7 Å². The van der Waals surface area contributed by atoms with Gasteiger partial charge in [-0.25, -0.2) is 8.42 Å². The van der Waals surface area contributed by atoms with Gasteiger partial charge >= 0.3 is 0 Å². The molecule has 3 aromatic rings. The van der Waals surface area contributed by atoms with Crippen molar-refractivity contribution in [2.75, 3.05) is 65.7 Å². The van der Waals surface area contributed by atoms with Crippen molar-refractivity contribution in [3.63, 3.8) is 0 Å². The van der Waals surface area contributed by atoms with Gasteiger partial charge in [0.05, 0.1) is 42.5 Å². The predicted octanol–water partition coefficient (Wildman–Crippen LogP) is 5.55. The van der Waals surface area contributed by atoms with Gasteiger partial charge in [-0.3, -0.25) is 0 Å². The highest BCUT2D eigenvalue weighted by molar-refractivity contribution is 7.89. The fourth-order valence-electron chi connectivity index (χ4n) is 6.89. The highest BCUT2D eigenvalue weighted by Crippen LogP contribution is 2.41. The van der Waals surface area contributed by atoms with Crippen LogP contribution < -0.4 is 14.4 Å². The van der Waals surface area contributed by atoms with Crippen LogP contribution in [0, 0.1) is 6.92 Å². The van der Waals surface area contributed by atoms with E-state index in [1.165, 1.54) is 0 Å². The lowest BCUT2D eigenvalue weighted by Gasteiger charge is -2.45. The van der Waals surface area contributed by atoms with Crippen molar-refractivity contribution < 1.29 is 37.2 Å². The van der Waals surface area contributed by atoms with E-state index in [-0.39, 0.29) is 23.8 Å². The Balaban J connectivity index is 1.47. The number of aliphatic hydroxyl groups is 1. The van der Waals surface area contributed by atoms with E-state index >= 15 is 0 Å². The van der Waals surface area contributed by atoms with Gasteiger partial charge in [0, 0.05) is 52.5 Å². The van der Waals surface area contributed by atoms with Gasteiger partial charge in [-0.1, -0.05) is 35.9 Å². The number of rotatable bonds is 16. The van der Waals surface area contributed by atoms with Crippen molar-refractivity contribution in [2.24, 2.45) is 0 Å². The van der Waals surface area contributed by atoms with Gasteiger partial charge < -0.3 is 33.7 Å². The van der Waals surface area contributed by atoms with E-state index < -0.39 is 27.8 Å². The summed E-state index contributed by atoms with van der Waals surface area (Å²) in [6, 6.07) is 20.5. The van der Waals surface area contributed by atoms with Crippen LogP contribution in [0.15, 0.2) is 71.6 Å². The first-order chi connectivity index (χ1) is 23.5. The van der Waals surface area contributed by atoms with Crippen molar-refractivity contribution in [3.05, 3.63) is 83.4 Å². The van der Waals surface area contributed by atoms with E-state index in [2.05, 4.69) is 11.0 Å². The predicted molar refractivity (Wildman–Crippen MR) is 190 cm³/mol. The molecule has 0 radical (unpaired) electrons. The average Bonchev–Trinajstić information content (AvgIpc) is 3.10. The van der Waals surface area contributed by atoms with Crippen molar-refractivity contribution in [3.8, 4) is 11.5 Å². The largest absolute Gasteiger partial charge is 0.497 e. The summed E-state index contributed by atoms with van der Waals surface area (Å²) in [4.78, 5) is 2.54. The third-order valence-electron chi connectivity index (χ3n) is 9.66. The number of ether oxygens (including phenoxy) is 5. The third-order valence-corrected chi connectivity index (χ3v) is 11.6. The molecule has 0 bridgehead atoms. The van der Waals surface area contributed by atoms with E-state index in [0.717, 1.165) is 53.4 Å². The highest BCUT2D eigenvalue weighted by Gasteiger charge is 2.45. The van der Waals surface area contributed by atoms with Crippen LogP contribution in [0.4, 0.5) is 5.69 Å². The van der Waals surface area contributed by atoms with Gasteiger partial charge in [0.15, 0.2) is 0 Å². The Kier molecular flexibility index (Phi) is 12.6. The molecule has 0 unspecified atom stereocenters. The molecule has 3 aromatic carbocycles. The number of anilines is 1. The summed E-state index contributed by atoms with van der Waals surface area (Å²) in [6.45, 7) is 7.46. The van der Waals surface area contributed by atoms with Crippen LogP contribution in [0.25, 0.3) is 0 Å². The lowest BCUT2D eigenvalue weighted by atomic mass is 9.80.